The Labute approximate surface area is 85.1 Å². The number of aliphatic hydroxyl groups excluding tert-OH is 1. The van der Waals surface area contributed by atoms with Crippen molar-refractivity contribution in [1.82, 2.24) is 4.72 Å². The van der Waals surface area contributed by atoms with Crippen LogP contribution in [-0.2, 0) is 10.0 Å². The van der Waals surface area contributed by atoms with Crippen molar-refractivity contribution in [3.05, 3.63) is 12.7 Å². The maximum atomic E-state index is 11.4. The molecule has 0 aromatic carbocycles. The molecule has 0 aromatic rings. The van der Waals surface area contributed by atoms with E-state index in [1.165, 1.54) is 6.08 Å². The van der Waals surface area contributed by atoms with Crippen molar-refractivity contribution in [2.75, 3.05) is 5.75 Å². The molecule has 0 heterocycles. The van der Waals surface area contributed by atoms with Crippen LogP contribution in [0.3, 0.4) is 0 Å². The van der Waals surface area contributed by atoms with Gasteiger partial charge in [0.05, 0.1) is 11.9 Å². The highest BCUT2D eigenvalue weighted by atomic mass is 32.2. The highest BCUT2D eigenvalue weighted by Crippen LogP contribution is 2.18. The van der Waals surface area contributed by atoms with E-state index in [-0.39, 0.29) is 11.8 Å². The van der Waals surface area contributed by atoms with Crippen LogP contribution in [0.15, 0.2) is 12.7 Å². The summed E-state index contributed by atoms with van der Waals surface area (Å²) in [5.74, 6) is -0.0871. The first-order valence-electron chi connectivity index (χ1n) is 4.84. The molecular formula is C9H17NO3S. The van der Waals surface area contributed by atoms with Crippen molar-refractivity contribution >= 4 is 10.0 Å². The van der Waals surface area contributed by atoms with E-state index in [2.05, 4.69) is 11.3 Å². The summed E-state index contributed by atoms with van der Waals surface area (Å²) in [5, 5.41) is 9.55. The SMILES string of the molecule is C=CCS(=O)(=O)NC1CCCCC1O. The molecule has 0 aromatic heterocycles. The second-order valence-corrected chi connectivity index (χ2v) is 5.44. The molecule has 0 amide bonds. The van der Waals surface area contributed by atoms with Gasteiger partial charge in [-0.05, 0) is 12.8 Å². The number of hydrogen-bond donors (Lipinski definition) is 2. The van der Waals surface area contributed by atoms with E-state index >= 15 is 0 Å². The molecule has 82 valence electrons. The molecule has 5 heteroatoms. The number of nitrogens with one attached hydrogen (secondary N) is 1. The molecule has 0 aliphatic heterocycles. The third-order valence-corrected chi connectivity index (χ3v) is 3.73. The number of rotatable bonds is 4. The maximum absolute atomic E-state index is 11.4. The first-order chi connectivity index (χ1) is 6.55. The van der Waals surface area contributed by atoms with Gasteiger partial charge >= 0.3 is 0 Å². The minimum Gasteiger partial charge on any atom is -0.391 e. The average molecular weight is 219 g/mol. The van der Waals surface area contributed by atoms with Gasteiger partial charge in [0.1, 0.15) is 0 Å². The van der Waals surface area contributed by atoms with E-state index in [1.54, 1.807) is 0 Å². The molecular weight excluding hydrogens is 202 g/mol. The molecule has 14 heavy (non-hydrogen) atoms. The maximum Gasteiger partial charge on any atom is 0.215 e. The molecule has 1 aliphatic carbocycles. The van der Waals surface area contributed by atoms with Crippen LogP contribution in [0.1, 0.15) is 25.7 Å². The number of sulfonamides is 1. The summed E-state index contributed by atoms with van der Waals surface area (Å²) in [6.07, 6.45) is 4.15. The zero-order valence-corrected chi connectivity index (χ0v) is 8.96. The Hall–Kier alpha value is -0.390. The lowest BCUT2D eigenvalue weighted by Gasteiger charge is -2.27. The zero-order valence-electron chi connectivity index (χ0n) is 8.15. The molecule has 0 bridgehead atoms. The Bertz CT molecular complexity index is 286. The van der Waals surface area contributed by atoms with Crippen molar-refractivity contribution in [3.8, 4) is 0 Å². The van der Waals surface area contributed by atoms with Crippen molar-refractivity contribution in [2.45, 2.75) is 37.8 Å². The third kappa shape index (κ3) is 3.40. The standard InChI is InChI=1S/C9H17NO3S/c1-2-7-14(12,13)10-8-5-3-4-6-9(8)11/h2,8-11H,1,3-7H2. The lowest BCUT2D eigenvalue weighted by atomic mass is 9.93. The van der Waals surface area contributed by atoms with E-state index in [4.69, 9.17) is 0 Å². The van der Waals surface area contributed by atoms with Gasteiger partial charge in [0.2, 0.25) is 10.0 Å². The fourth-order valence-corrected chi connectivity index (χ4v) is 2.83. The molecule has 1 saturated carbocycles. The summed E-state index contributed by atoms with van der Waals surface area (Å²) in [5.41, 5.74) is 0. The first-order valence-corrected chi connectivity index (χ1v) is 6.49. The molecule has 2 atom stereocenters. The van der Waals surface area contributed by atoms with Gasteiger partial charge in [-0.25, -0.2) is 13.1 Å². The molecule has 1 aliphatic rings. The average Bonchev–Trinajstić information content (AvgIpc) is 2.08. The highest BCUT2D eigenvalue weighted by molar-refractivity contribution is 7.89. The van der Waals surface area contributed by atoms with Crippen LogP contribution in [0.25, 0.3) is 0 Å². The summed E-state index contributed by atoms with van der Waals surface area (Å²) >= 11 is 0. The van der Waals surface area contributed by atoms with Crippen LogP contribution in [0, 0.1) is 0 Å². The predicted octanol–water partition coefficient (Wildman–Crippen LogP) is 0.395. The van der Waals surface area contributed by atoms with Crippen LogP contribution < -0.4 is 4.72 Å². The first kappa shape index (κ1) is 11.7. The second kappa shape index (κ2) is 4.91. The van der Waals surface area contributed by atoms with Crippen LogP contribution in [0.2, 0.25) is 0 Å². The normalized spacial score (nSPS) is 28.6. The van der Waals surface area contributed by atoms with E-state index in [1.807, 2.05) is 0 Å². The summed E-state index contributed by atoms with van der Waals surface area (Å²) in [6, 6.07) is -0.311. The van der Waals surface area contributed by atoms with Gasteiger partial charge in [0.15, 0.2) is 0 Å². The molecule has 4 nitrogen and oxygen atoms in total. The summed E-state index contributed by atoms with van der Waals surface area (Å²) in [4.78, 5) is 0. The van der Waals surface area contributed by atoms with Crippen molar-refractivity contribution in [1.29, 1.82) is 0 Å². The Morgan fingerprint density at radius 1 is 1.43 bits per heavy atom. The van der Waals surface area contributed by atoms with E-state index in [0.717, 1.165) is 19.3 Å². The second-order valence-electron chi connectivity index (χ2n) is 3.65. The van der Waals surface area contributed by atoms with Gasteiger partial charge in [-0.15, -0.1) is 6.58 Å². The molecule has 0 spiro atoms. The van der Waals surface area contributed by atoms with Crippen LogP contribution in [0.5, 0.6) is 0 Å². The highest BCUT2D eigenvalue weighted by Gasteiger charge is 2.26. The Morgan fingerprint density at radius 2 is 2.07 bits per heavy atom. The molecule has 1 fully saturated rings. The van der Waals surface area contributed by atoms with Crippen LogP contribution in [0.4, 0.5) is 0 Å². The van der Waals surface area contributed by atoms with Crippen molar-refractivity contribution < 1.29 is 13.5 Å². The van der Waals surface area contributed by atoms with Crippen molar-refractivity contribution in [3.63, 3.8) is 0 Å². The number of hydrogen-bond acceptors (Lipinski definition) is 3. The number of aliphatic hydroxyl groups is 1. The van der Waals surface area contributed by atoms with E-state index in [0.29, 0.717) is 6.42 Å². The Morgan fingerprint density at radius 3 is 2.64 bits per heavy atom. The molecule has 0 saturated heterocycles. The summed E-state index contributed by atoms with van der Waals surface area (Å²) in [7, 11) is -3.29. The molecule has 2 unspecified atom stereocenters. The van der Waals surface area contributed by atoms with E-state index < -0.39 is 16.1 Å². The lowest BCUT2D eigenvalue weighted by molar-refractivity contribution is 0.101. The van der Waals surface area contributed by atoms with Gasteiger partial charge in [-0.2, -0.15) is 0 Å². The molecule has 1 rings (SSSR count). The summed E-state index contributed by atoms with van der Waals surface area (Å²) in [6.45, 7) is 3.38. The summed E-state index contributed by atoms with van der Waals surface area (Å²) < 4.78 is 25.2. The van der Waals surface area contributed by atoms with Gasteiger partial charge < -0.3 is 5.11 Å². The van der Waals surface area contributed by atoms with Crippen LogP contribution in [-0.4, -0.2) is 31.4 Å². The lowest BCUT2D eigenvalue weighted by Crippen LogP contribution is -2.45. The fraction of sp³-hybridized carbons (Fsp3) is 0.778. The largest absolute Gasteiger partial charge is 0.391 e. The van der Waals surface area contributed by atoms with Gasteiger partial charge in [0, 0.05) is 6.04 Å². The Kier molecular flexibility index (Phi) is 4.10. The van der Waals surface area contributed by atoms with Crippen molar-refractivity contribution in [2.24, 2.45) is 0 Å². The monoisotopic (exact) mass is 219 g/mol. The minimum absolute atomic E-state index is 0.0871. The minimum atomic E-state index is -3.29. The quantitative estimate of drug-likeness (QED) is 0.672. The van der Waals surface area contributed by atoms with Gasteiger partial charge in [0.25, 0.3) is 0 Å². The topological polar surface area (TPSA) is 66.4 Å². The fourth-order valence-electron chi connectivity index (χ4n) is 1.68. The van der Waals surface area contributed by atoms with Gasteiger partial charge in [-0.1, -0.05) is 18.9 Å². The predicted molar refractivity (Wildman–Crippen MR) is 55.4 cm³/mol. The molecule has 0 radical (unpaired) electrons. The third-order valence-electron chi connectivity index (χ3n) is 2.40. The van der Waals surface area contributed by atoms with Crippen LogP contribution >= 0.6 is 0 Å². The Balaban J connectivity index is 2.53. The smallest absolute Gasteiger partial charge is 0.215 e. The van der Waals surface area contributed by atoms with Gasteiger partial charge in [-0.3, -0.25) is 0 Å². The zero-order chi connectivity index (χ0) is 10.6. The molecule has 2 N–H and O–H groups in total. The van der Waals surface area contributed by atoms with E-state index in [9.17, 15) is 13.5 Å².